The van der Waals surface area contributed by atoms with Gasteiger partial charge >= 0.3 is 0 Å². The van der Waals surface area contributed by atoms with Crippen molar-refractivity contribution in [2.24, 2.45) is 0 Å². The van der Waals surface area contributed by atoms with E-state index >= 15 is 0 Å². The van der Waals surface area contributed by atoms with Gasteiger partial charge in [0, 0.05) is 12.2 Å². The fourth-order valence-corrected chi connectivity index (χ4v) is 3.18. The zero-order chi connectivity index (χ0) is 21.2. The van der Waals surface area contributed by atoms with E-state index in [-0.39, 0.29) is 12.5 Å². The summed E-state index contributed by atoms with van der Waals surface area (Å²) >= 11 is 0. The van der Waals surface area contributed by atoms with Gasteiger partial charge in [-0.05, 0) is 42.8 Å². The number of likely N-dealkylation sites (N-methyl/N-ethyl adjacent to an activating group) is 1. The number of nitrogens with zero attached hydrogens (tertiary/aromatic N) is 1. The van der Waals surface area contributed by atoms with Crippen LogP contribution in [0, 0.1) is 0 Å². The van der Waals surface area contributed by atoms with Gasteiger partial charge in [-0.3, -0.25) is 9.69 Å². The number of ether oxygens (including phenoxy) is 2. The van der Waals surface area contributed by atoms with E-state index in [0.717, 1.165) is 17.7 Å². The molecule has 1 amide bonds. The number of amides is 1. The second-order valence-corrected chi connectivity index (χ2v) is 7.10. The van der Waals surface area contributed by atoms with E-state index in [1.54, 1.807) is 7.11 Å². The van der Waals surface area contributed by atoms with Gasteiger partial charge in [-0.2, -0.15) is 0 Å². The summed E-state index contributed by atoms with van der Waals surface area (Å²) in [6, 6.07) is 25.7. The normalized spacial score (nSPS) is 10.6. The molecule has 1 N–H and O–H groups in total. The van der Waals surface area contributed by atoms with Crippen molar-refractivity contribution in [2.75, 3.05) is 39.2 Å². The van der Waals surface area contributed by atoms with Gasteiger partial charge in [-0.15, -0.1) is 0 Å². The molecule has 0 aliphatic rings. The van der Waals surface area contributed by atoms with E-state index in [9.17, 15) is 4.79 Å². The standard InChI is InChI=1S/C25H28N2O3/c1-27(16-17-30-24-15-9-8-14-23(24)29-2)19-25(28)26-22-13-7-6-12-21(22)18-20-10-4-3-5-11-20/h3-15H,16-19H2,1-2H3,(H,26,28). The Balaban J connectivity index is 1.49. The molecular weight excluding hydrogens is 376 g/mol. The molecule has 3 aromatic carbocycles. The summed E-state index contributed by atoms with van der Waals surface area (Å²) in [7, 11) is 3.52. The van der Waals surface area contributed by atoms with Crippen LogP contribution >= 0.6 is 0 Å². The highest BCUT2D eigenvalue weighted by Gasteiger charge is 2.10. The fourth-order valence-electron chi connectivity index (χ4n) is 3.18. The van der Waals surface area contributed by atoms with E-state index in [1.807, 2.05) is 78.7 Å². The van der Waals surface area contributed by atoms with Crippen molar-refractivity contribution in [2.45, 2.75) is 6.42 Å². The molecule has 0 heterocycles. The van der Waals surface area contributed by atoms with Crippen LogP contribution in [0.25, 0.3) is 0 Å². The minimum Gasteiger partial charge on any atom is -0.493 e. The molecular formula is C25H28N2O3. The highest BCUT2D eigenvalue weighted by molar-refractivity contribution is 5.93. The Morgan fingerprint density at radius 1 is 0.900 bits per heavy atom. The average Bonchev–Trinajstić information content (AvgIpc) is 2.76. The molecule has 5 nitrogen and oxygen atoms in total. The van der Waals surface area contributed by atoms with Gasteiger partial charge in [0.15, 0.2) is 11.5 Å². The zero-order valence-electron chi connectivity index (χ0n) is 17.5. The number of para-hydroxylation sites is 3. The van der Waals surface area contributed by atoms with Crippen LogP contribution in [0.5, 0.6) is 11.5 Å². The quantitative estimate of drug-likeness (QED) is 0.549. The van der Waals surface area contributed by atoms with Gasteiger partial charge in [-0.1, -0.05) is 60.7 Å². The SMILES string of the molecule is COc1ccccc1OCCN(C)CC(=O)Nc1ccccc1Cc1ccccc1. The summed E-state index contributed by atoms with van der Waals surface area (Å²) in [5.74, 6) is 1.36. The number of nitrogens with one attached hydrogen (secondary N) is 1. The van der Waals surface area contributed by atoms with Crippen molar-refractivity contribution in [3.05, 3.63) is 90.0 Å². The molecule has 0 spiro atoms. The van der Waals surface area contributed by atoms with E-state index in [2.05, 4.69) is 17.4 Å². The molecule has 0 aromatic heterocycles. The number of carbonyl (C=O) groups excluding carboxylic acids is 1. The largest absolute Gasteiger partial charge is 0.493 e. The topological polar surface area (TPSA) is 50.8 Å². The molecule has 0 radical (unpaired) electrons. The molecule has 0 atom stereocenters. The molecule has 0 fully saturated rings. The first-order valence-electron chi connectivity index (χ1n) is 10.0. The molecule has 0 aliphatic carbocycles. The van der Waals surface area contributed by atoms with Gasteiger partial charge in [0.05, 0.1) is 13.7 Å². The predicted molar refractivity (Wildman–Crippen MR) is 120 cm³/mol. The van der Waals surface area contributed by atoms with Gasteiger partial charge in [0.25, 0.3) is 0 Å². The molecule has 0 saturated carbocycles. The lowest BCUT2D eigenvalue weighted by atomic mass is 10.0. The Labute approximate surface area is 178 Å². The van der Waals surface area contributed by atoms with Gasteiger partial charge in [0.2, 0.25) is 5.91 Å². The van der Waals surface area contributed by atoms with Crippen LogP contribution in [-0.4, -0.2) is 44.7 Å². The molecule has 0 bridgehead atoms. The number of rotatable bonds is 10. The van der Waals surface area contributed by atoms with Crippen LogP contribution in [0.4, 0.5) is 5.69 Å². The number of carbonyl (C=O) groups is 1. The second kappa shape index (κ2) is 11.0. The number of hydrogen-bond acceptors (Lipinski definition) is 4. The maximum atomic E-state index is 12.5. The maximum absolute atomic E-state index is 12.5. The lowest BCUT2D eigenvalue weighted by Gasteiger charge is -2.18. The summed E-state index contributed by atoms with van der Waals surface area (Å²) in [6.45, 7) is 1.38. The van der Waals surface area contributed by atoms with Gasteiger partial charge in [-0.25, -0.2) is 0 Å². The Morgan fingerprint density at radius 2 is 1.57 bits per heavy atom. The third-order valence-electron chi connectivity index (χ3n) is 4.74. The van der Waals surface area contributed by atoms with Crippen LogP contribution in [0.1, 0.15) is 11.1 Å². The number of anilines is 1. The first-order chi connectivity index (χ1) is 14.7. The van der Waals surface area contributed by atoms with E-state index in [0.29, 0.717) is 24.7 Å². The summed E-state index contributed by atoms with van der Waals surface area (Å²) in [5, 5.41) is 3.05. The molecule has 0 saturated heterocycles. The lowest BCUT2D eigenvalue weighted by molar-refractivity contribution is -0.117. The fraction of sp³-hybridized carbons (Fsp3) is 0.240. The van der Waals surface area contributed by atoms with Crippen LogP contribution in [-0.2, 0) is 11.2 Å². The summed E-state index contributed by atoms with van der Waals surface area (Å²) in [5.41, 5.74) is 3.16. The van der Waals surface area contributed by atoms with E-state index in [4.69, 9.17) is 9.47 Å². The van der Waals surface area contributed by atoms with E-state index < -0.39 is 0 Å². The van der Waals surface area contributed by atoms with Crippen molar-refractivity contribution in [3.8, 4) is 11.5 Å². The summed E-state index contributed by atoms with van der Waals surface area (Å²) in [4.78, 5) is 14.5. The highest BCUT2D eigenvalue weighted by atomic mass is 16.5. The number of hydrogen-bond donors (Lipinski definition) is 1. The molecule has 0 aliphatic heterocycles. The summed E-state index contributed by atoms with van der Waals surface area (Å²) in [6.07, 6.45) is 0.778. The minimum atomic E-state index is -0.0460. The first kappa shape index (κ1) is 21.4. The minimum absolute atomic E-state index is 0.0460. The highest BCUT2D eigenvalue weighted by Crippen LogP contribution is 2.25. The Bertz CT molecular complexity index is 944. The smallest absolute Gasteiger partial charge is 0.238 e. The van der Waals surface area contributed by atoms with E-state index in [1.165, 1.54) is 5.56 Å². The average molecular weight is 405 g/mol. The predicted octanol–water partition coefficient (Wildman–Crippen LogP) is 4.24. The molecule has 0 unspecified atom stereocenters. The Morgan fingerprint density at radius 3 is 2.33 bits per heavy atom. The van der Waals surface area contributed by atoms with Crippen LogP contribution in [0.15, 0.2) is 78.9 Å². The second-order valence-electron chi connectivity index (χ2n) is 7.10. The Hall–Kier alpha value is -3.31. The van der Waals surface area contributed by atoms with Crippen molar-refractivity contribution < 1.29 is 14.3 Å². The van der Waals surface area contributed by atoms with Crippen LogP contribution in [0.2, 0.25) is 0 Å². The Kier molecular flexibility index (Phi) is 7.86. The molecule has 156 valence electrons. The molecule has 3 rings (SSSR count). The molecule has 30 heavy (non-hydrogen) atoms. The van der Waals surface area contributed by atoms with Gasteiger partial charge in [0.1, 0.15) is 6.61 Å². The van der Waals surface area contributed by atoms with Crippen molar-refractivity contribution >= 4 is 11.6 Å². The van der Waals surface area contributed by atoms with Gasteiger partial charge < -0.3 is 14.8 Å². The lowest BCUT2D eigenvalue weighted by Crippen LogP contribution is -2.33. The zero-order valence-corrected chi connectivity index (χ0v) is 17.5. The monoisotopic (exact) mass is 404 g/mol. The van der Waals surface area contributed by atoms with Crippen LogP contribution < -0.4 is 14.8 Å². The van der Waals surface area contributed by atoms with Crippen molar-refractivity contribution in [1.82, 2.24) is 4.90 Å². The summed E-state index contributed by atoms with van der Waals surface area (Å²) < 4.78 is 11.1. The third-order valence-corrected chi connectivity index (χ3v) is 4.74. The maximum Gasteiger partial charge on any atom is 0.238 e. The van der Waals surface area contributed by atoms with Crippen LogP contribution in [0.3, 0.4) is 0 Å². The number of methoxy groups -OCH3 is 1. The van der Waals surface area contributed by atoms with Crippen molar-refractivity contribution in [3.63, 3.8) is 0 Å². The van der Waals surface area contributed by atoms with Crippen molar-refractivity contribution in [1.29, 1.82) is 0 Å². The molecule has 5 heteroatoms. The third kappa shape index (κ3) is 6.36. The molecule has 3 aromatic rings. The first-order valence-corrected chi connectivity index (χ1v) is 10.0. The number of benzene rings is 3.